The Hall–Kier alpha value is -0.990. The van der Waals surface area contributed by atoms with Crippen LogP contribution >= 0.6 is 0 Å². The maximum absolute atomic E-state index is 6.25. The second kappa shape index (κ2) is 4.51. The van der Waals surface area contributed by atoms with Gasteiger partial charge in [0.2, 0.25) is 0 Å². The molecule has 3 heteroatoms. The third-order valence-corrected chi connectivity index (χ3v) is 6.08. The second-order valence-corrected chi connectivity index (χ2v) is 8.06. The SMILES string of the molecule is CC(C)Cc1[nH]nc(N)c1C1C2CC3CC(C2)CC1C3. The summed E-state index contributed by atoms with van der Waals surface area (Å²) >= 11 is 0. The van der Waals surface area contributed by atoms with Crippen molar-refractivity contribution in [1.29, 1.82) is 0 Å². The number of nitrogen functional groups attached to an aromatic ring is 1. The van der Waals surface area contributed by atoms with Crippen molar-refractivity contribution in [1.82, 2.24) is 10.2 Å². The number of anilines is 1. The molecule has 4 saturated carbocycles. The molecule has 3 nitrogen and oxygen atoms in total. The van der Waals surface area contributed by atoms with E-state index in [9.17, 15) is 0 Å². The van der Waals surface area contributed by atoms with Gasteiger partial charge in [0.15, 0.2) is 0 Å². The molecule has 0 atom stereocenters. The summed E-state index contributed by atoms with van der Waals surface area (Å²) in [5.74, 6) is 5.97. The van der Waals surface area contributed by atoms with Gasteiger partial charge in [0, 0.05) is 11.3 Å². The maximum atomic E-state index is 6.25. The van der Waals surface area contributed by atoms with E-state index in [4.69, 9.17) is 5.73 Å². The predicted octanol–water partition coefficient (Wildman–Crippen LogP) is 3.73. The Bertz CT molecular complexity index is 474. The van der Waals surface area contributed by atoms with E-state index in [-0.39, 0.29) is 0 Å². The highest BCUT2D eigenvalue weighted by Crippen LogP contribution is 2.60. The third-order valence-electron chi connectivity index (χ3n) is 6.08. The number of H-pyrrole nitrogens is 1. The van der Waals surface area contributed by atoms with Crippen LogP contribution in [0.2, 0.25) is 0 Å². The van der Waals surface area contributed by atoms with Crippen molar-refractivity contribution in [3.63, 3.8) is 0 Å². The van der Waals surface area contributed by atoms with E-state index in [1.165, 1.54) is 43.4 Å². The van der Waals surface area contributed by atoms with Crippen molar-refractivity contribution in [3.05, 3.63) is 11.3 Å². The van der Waals surface area contributed by atoms with Crippen LogP contribution in [0.3, 0.4) is 0 Å². The molecule has 1 heterocycles. The molecule has 0 radical (unpaired) electrons. The Balaban J connectivity index is 1.69. The first-order valence-electron chi connectivity index (χ1n) is 8.44. The normalized spacial score (nSPS) is 38.9. The van der Waals surface area contributed by atoms with E-state index in [1.54, 1.807) is 0 Å². The number of hydrogen-bond donors (Lipinski definition) is 2. The van der Waals surface area contributed by atoms with Crippen LogP contribution in [0, 0.1) is 29.6 Å². The average molecular weight is 273 g/mol. The molecule has 1 aromatic rings. The van der Waals surface area contributed by atoms with Gasteiger partial charge in [0.05, 0.1) is 0 Å². The molecule has 1 aromatic heterocycles. The molecule has 0 aliphatic heterocycles. The molecule has 4 fully saturated rings. The lowest BCUT2D eigenvalue weighted by atomic mass is 9.50. The maximum Gasteiger partial charge on any atom is 0.148 e. The van der Waals surface area contributed by atoms with Crippen LogP contribution in [0.1, 0.15) is 63.1 Å². The number of aromatic amines is 1. The largest absolute Gasteiger partial charge is 0.382 e. The standard InChI is InChI=1S/C17H27N3/c1-9(2)3-14-16(17(18)20-19-14)15-12-5-10-4-11(7-12)8-13(15)6-10/h9-13,15H,3-8H2,1-2H3,(H3,18,19,20). The summed E-state index contributed by atoms with van der Waals surface area (Å²) in [5, 5.41) is 7.59. The van der Waals surface area contributed by atoms with Gasteiger partial charge in [0.25, 0.3) is 0 Å². The van der Waals surface area contributed by atoms with E-state index >= 15 is 0 Å². The highest BCUT2D eigenvalue weighted by atomic mass is 15.2. The molecule has 0 saturated heterocycles. The molecule has 110 valence electrons. The molecule has 4 aliphatic carbocycles. The van der Waals surface area contributed by atoms with Crippen LogP contribution in [-0.2, 0) is 6.42 Å². The second-order valence-electron chi connectivity index (χ2n) is 8.06. The summed E-state index contributed by atoms with van der Waals surface area (Å²) in [6.07, 6.45) is 8.39. The fraction of sp³-hybridized carbons (Fsp3) is 0.824. The molecule has 4 bridgehead atoms. The van der Waals surface area contributed by atoms with Crippen molar-refractivity contribution >= 4 is 5.82 Å². The molecule has 5 rings (SSSR count). The molecule has 0 aromatic carbocycles. The minimum atomic E-state index is 0.658. The van der Waals surface area contributed by atoms with Gasteiger partial charge in [-0.25, -0.2) is 0 Å². The number of nitrogens with zero attached hydrogens (tertiary/aromatic N) is 1. The van der Waals surface area contributed by atoms with Crippen LogP contribution < -0.4 is 5.73 Å². The van der Waals surface area contributed by atoms with Crippen molar-refractivity contribution in [2.45, 2.75) is 58.3 Å². The molecule has 0 unspecified atom stereocenters. The Labute approximate surface area is 121 Å². The fourth-order valence-electron chi connectivity index (χ4n) is 5.74. The van der Waals surface area contributed by atoms with Gasteiger partial charge >= 0.3 is 0 Å². The van der Waals surface area contributed by atoms with Gasteiger partial charge in [0.1, 0.15) is 5.82 Å². The summed E-state index contributed by atoms with van der Waals surface area (Å²) in [5.41, 5.74) is 8.99. The number of hydrogen-bond acceptors (Lipinski definition) is 2. The predicted molar refractivity (Wildman–Crippen MR) is 81.3 cm³/mol. The van der Waals surface area contributed by atoms with E-state index in [0.29, 0.717) is 11.8 Å². The lowest BCUT2D eigenvalue weighted by molar-refractivity contribution is -0.00285. The van der Waals surface area contributed by atoms with Crippen molar-refractivity contribution in [2.24, 2.45) is 29.6 Å². The molecule has 20 heavy (non-hydrogen) atoms. The molecular formula is C17H27N3. The first-order valence-corrected chi connectivity index (χ1v) is 8.44. The highest BCUT2D eigenvalue weighted by molar-refractivity contribution is 5.46. The molecule has 4 aliphatic rings. The first kappa shape index (κ1) is 12.7. The summed E-state index contributed by atoms with van der Waals surface area (Å²) in [6.45, 7) is 4.55. The van der Waals surface area contributed by atoms with Gasteiger partial charge in [-0.2, -0.15) is 5.10 Å². The lowest BCUT2D eigenvalue weighted by Crippen LogP contribution is -2.44. The number of nitrogens with two attached hydrogens (primary N) is 1. The van der Waals surface area contributed by atoms with Crippen LogP contribution in [-0.4, -0.2) is 10.2 Å². The van der Waals surface area contributed by atoms with Gasteiger partial charge in [-0.15, -0.1) is 0 Å². The average Bonchev–Trinajstić information content (AvgIpc) is 2.69. The fourth-order valence-corrected chi connectivity index (χ4v) is 5.74. The lowest BCUT2D eigenvalue weighted by Gasteiger charge is -2.54. The zero-order chi connectivity index (χ0) is 13.9. The minimum Gasteiger partial charge on any atom is -0.382 e. The van der Waals surface area contributed by atoms with Crippen molar-refractivity contribution in [3.8, 4) is 0 Å². The topological polar surface area (TPSA) is 54.7 Å². The third kappa shape index (κ3) is 1.89. The molecule has 0 amide bonds. The zero-order valence-electron chi connectivity index (χ0n) is 12.7. The Kier molecular flexibility index (Phi) is 2.87. The summed E-state index contributed by atoms with van der Waals surface area (Å²) < 4.78 is 0. The Morgan fingerprint density at radius 1 is 1.10 bits per heavy atom. The quantitative estimate of drug-likeness (QED) is 0.881. The highest BCUT2D eigenvalue weighted by Gasteiger charge is 2.49. The number of rotatable bonds is 3. The molecule has 0 spiro atoms. The van der Waals surface area contributed by atoms with E-state index in [0.717, 1.165) is 35.9 Å². The van der Waals surface area contributed by atoms with Crippen LogP contribution in [0.25, 0.3) is 0 Å². The van der Waals surface area contributed by atoms with Crippen molar-refractivity contribution < 1.29 is 0 Å². The van der Waals surface area contributed by atoms with Gasteiger partial charge < -0.3 is 5.73 Å². The van der Waals surface area contributed by atoms with Crippen LogP contribution in [0.15, 0.2) is 0 Å². The van der Waals surface area contributed by atoms with Crippen LogP contribution in [0.5, 0.6) is 0 Å². The van der Waals surface area contributed by atoms with E-state index < -0.39 is 0 Å². The summed E-state index contributed by atoms with van der Waals surface area (Å²) in [6, 6.07) is 0. The van der Waals surface area contributed by atoms with E-state index in [2.05, 4.69) is 24.0 Å². The summed E-state index contributed by atoms with van der Waals surface area (Å²) in [7, 11) is 0. The number of aromatic nitrogens is 2. The Morgan fingerprint density at radius 3 is 2.25 bits per heavy atom. The molecular weight excluding hydrogens is 246 g/mol. The smallest absolute Gasteiger partial charge is 0.148 e. The minimum absolute atomic E-state index is 0.658. The van der Waals surface area contributed by atoms with Crippen LogP contribution in [0.4, 0.5) is 5.82 Å². The zero-order valence-corrected chi connectivity index (χ0v) is 12.7. The van der Waals surface area contributed by atoms with E-state index in [1.807, 2.05) is 0 Å². The van der Waals surface area contributed by atoms with Gasteiger partial charge in [-0.3, -0.25) is 5.10 Å². The molecule has 3 N–H and O–H groups in total. The summed E-state index contributed by atoms with van der Waals surface area (Å²) in [4.78, 5) is 0. The van der Waals surface area contributed by atoms with Gasteiger partial charge in [-0.05, 0) is 74.0 Å². The van der Waals surface area contributed by atoms with Gasteiger partial charge in [-0.1, -0.05) is 13.8 Å². The Morgan fingerprint density at radius 2 is 1.70 bits per heavy atom. The first-order chi connectivity index (χ1) is 9.61. The monoisotopic (exact) mass is 273 g/mol. The van der Waals surface area contributed by atoms with Crippen molar-refractivity contribution in [2.75, 3.05) is 5.73 Å². The number of nitrogens with one attached hydrogen (secondary N) is 1.